The zero-order valence-corrected chi connectivity index (χ0v) is 12.0. The summed E-state index contributed by atoms with van der Waals surface area (Å²) in [4.78, 5) is 2.53. The fourth-order valence-electron chi connectivity index (χ4n) is 3.50. The van der Waals surface area contributed by atoms with Gasteiger partial charge < -0.3 is 15.0 Å². The van der Waals surface area contributed by atoms with Gasteiger partial charge in [0.25, 0.3) is 0 Å². The lowest BCUT2D eigenvalue weighted by Crippen LogP contribution is -2.46. The molecule has 1 aromatic rings. The molecule has 2 fully saturated rings. The van der Waals surface area contributed by atoms with Crippen LogP contribution in [0, 0.1) is 5.92 Å². The predicted molar refractivity (Wildman–Crippen MR) is 79.1 cm³/mol. The molecule has 1 N–H and O–H groups in total. The van der Waals surface area contributed by atoms with E-state index in [2.05, 4.69) is 35.3 Å². The lowest BCUT2D eigenvalue weighted by molar-refractivity contribution is 0.373. The highest BCUT2D eigenvalue weighted by Crippen LogP contribution is 2.31. The fraction of sp³-hybridized carbons (Fsp3) is 0.625. The van der Waals surface area contributed by atoms with Crippen molar-refractivity contribution in [3.63, 3.8) is 0 Å². The first-order valence-corrected chi connectivity index (χ1v) is 7.47. The second-order valence-corrected chi connectivity index (χ2v) is 5.69. The van der Waals surface area contributed by atoms with Gasteiger partial charge in [0.2, 0.25) is 0 Å². The Kier molecular flexibility index (Phi) is 3.65. The Labute approximate surface area is 115 Å². The van der Waals surface area contributed by atoms with Crippen molar-refractivity contribution in [2.24, 2.45) is 5.92 Å². The number of hydrogen-bond donors (Lipinski definition) is 1. The summed E-state index contributed by atoms with van der Waals surface area (Å²) in [5.41, 5.74) is 2.66. The zero-order valence-electron chi connectivity index (χ0n) is 12.0. The average Bonchev–Trinajstić information content (AvgIpc) is 2.93. The molecule has 2 aliphatic rings. The van der Waals surface area contributed by atoms with Gasteiger partial charge in [-0.05, 0) is 55.5 Å². The molecule has 0 spiro atoms. The van der Waals surface area contributed by atoms with E-state index in [1.807, 2.05) is 0 Å². The molecule has 0 saturated carbocycles. The molecule has 0 aliphatic carbocycles. The Bertz CT molecular complexity index is 446. The normalized spacial score (nSPS) is 26.3. The van der Waals surface area contributed by atoms with Crippen molar-refractivity contribution < 1.29 is 4.74 Å². The van der Waals surface area contributed by atoms with Crippen LogP contribution < -0.4 is 15.0 Å². The van der Waals surface area contributed by atoms with Crippen LogP contribution in [-0.2, 0) is 6.42 Å². The Morgan fingerprint density at radius 3 is 3.05 bits per heavy atom. The second-order valence-electron chi connectivity index (χ2n) is 5.69. The van der Waals surface area contributed by atoms with E-state index in [-0.39, 0.29) is 0 Å². The molecule has 2 heterocycles. The monoisotopic (exact) mass is 260 g/mol. The fourth-order valence-corrected chi connectivity index (χ4v) is 3.50. The summed E-state index contributed by atoms with van der Waals surface area (Å²) in [6, 6.07) is 7.31. The predicted octanol–water partition coefficient (Wildman–Crippen LogP) is 2.45. The number of nitrogens with one attached hydrogen (secondary N) is 1. The van der Waals surface area contributed by atoms with Crippen LogP contribution in [0.4, 0.5) is 5.69 Å². The van der Waals surface area contributed by atoms with E-state index in [1.54, 1.807) is 7.11 Å². The van der Waals surface area contributed by atoms with E-state index in [0.717, 1.165) is 24.6 Å². The summed E-state index contributed by atoms with van der Waals surface area (Å²) in [6.45, 7) is 5.73. The Morgan fingerprint density at radius 1 is 1.37 bits per heavy atom. The van der Waals surface area contributed by atoms with E-state index >= 15 is 0 Å². The molecule has 2 atom stereocenters. The first-order valence-electron chi connectivity index (χ1n) is 7.47. The minimum absolute atomic E-state index is 0.695. The Morgan fingerprint density at radius 2 is 2.26 bits per heavy atom. The molecule has 104 valence electrons. The van der Waals surface area contributed by atoms with E-state index < -0.39 is 0 Å². The summed E-state index contributed by atoms with van der Waals surface area (Å²) in [5.74, 6) is 1.92. The summed E-state index contributed by atoms with van der Waals surface area (Å²) in [7, 11) is 1.75. The molecule has 3 nitrogen and oxygen atoms in total. The van der Waals surface area contributed by atoms with Crippen LogP contribution in [0.1, 0.15) is 25.3 Å². The second kappa shape index (κ2) is 5.41. The van der Waals surface area contributed by atoms with Crippen LogP contribution >= 0.6 is 0 Å². The van der Waals surface area contributed by atoms with Gasteiger partial charge in [-0.1, -0.05) is 6.92 Å². The van der Waals surface area contributed by atoms with Crippen molar-refractivity contribution in [1.29, 1.82) is 0 Å². The van der Waals surface area contributed by atoms with E-state index in [9.17, 15) is 0 Å². The van der Waals surface area contributed by atoms with Crippen molar-refractivity contribution in [1.82, 2.24) is 5.32 Å². The number of fused-ring (bicyclic) bond motifs is 1. The first-order chi connectivity index (χ1) is 9.31. The smallest absolute Gasteiger partial charge is 0.122 e. The van der Waals surface area contributed by atoms with Gasteiger partial charge in [0.1, 0.15) is 5.75 Å². The van der Waals surface area contributed by atoms with Crippen molar-refractivity contribution in [2.75, 3.05) is 31.6 Å². The van der Waals surface area contributed by atoms with E-state index in [4.69, 9.17) is 4.74 Å². The first kappa shape index (κ1) is 12.8. The quantitative estimate of drug-likeness (QED) is 0.903. The van der Waals surface area contributed by atoms with E-state index in [1.165, 1.54) is 37.2 Å². The molecule has 0 amide bonds. The maximum Gasteiger partial charge on any atom is 0.122 e. The summed E-state index contributed by atoms with van der Waals surface area (Å²) >= 11 is 0. The third kappa shape index (κ3) is 2.44. The topological polar surface area (TPSA) is 24.5 Å². The molecule has 3 rings (SSSR count). The highest BCUT2D eigenvalue weighted by atomic mass is 16.5. The van der Waals surface area contributed by atoms with Gasteiger partial charge in [0.05, 0.1) is 7.11 Å². The average molecular weight is 260 g/mol. The minimum Gasteiger partial charge on any atom is -0.496 e. The summed E-state index contributed by atoms with van der Waals surface area (Å²) in [5, 5.41) is 3.64. The van der Waals surface area contributed by atoms with Gasteiger partial charge in [0.15, 0.2) is 0 Å². The summed E-state index contributed by atoms with van der Waals surface area (Å²) < 4.78 is 5.42. The lowest BCUT2D eigenvalue weighted by atomic mass is 9.92. The third-order valence-electron chi connectivity index (χ3n) is 4.69. The molecule has 3 heteroatoms. The SMILES string of the molecule is CCc1cc(N2CCC3CCNC3C2)ccc1OC. The molecule has 1 aromatic carbocycles. The van der Waals surface area contributed by atoms with Crippen LogP contribution in [0.2, 0.25) is 0 Å². The molecule has 0 radical (unpaired) electrons. The number of piperidine rings is 1. The van der Waals surface area contributed by atoms with Gasteiger partial charge in [-0.15, -0.1) is 0 Å². The van der Waals surface area contributed by atoms with Crippen molar-refractivity contribution >= 4 is 5.69 Å². The zero-order chi connectivity index (χ0) is 13.2. The molecular weight excluding hydrogens is 236 g/mol. The van der Waals surface area contributed by atoms with Crippen LogP contribution in [0.15, 0.2) is 18.2 Å². The highest BCUT2D eigenvalue weighted by Gasteiger charge is 2.32. The molecule has 2 saturated heterocycles. The Hall–Kier alpha value is -1.22. The van der Waals surface area contributed by atoms with E-state index in [0.29, 0.717) is 6.04 Å². The minimum atomic E-state index is 0.695. The maximum absolute atomic E-state index is 5.42. The van der Waals surface area contributed by atoms with Crippen molar-refractivity contribution in [2.45, 2.75) is 32.2 Å². The van der Waals surface area contributed by atoms with Crippen LogP contribution in [0.5, 0.6) is 5.75 Å². The van der Waals surface area contributed by atoms with Gasteiger partial charge in [0, 0.05) is 24.8 Å². The molecule has 0 bridgehead atoms. The van der Waals surface area contributed by atoms with Gasteiger partial charge in [-0.3, -0.25) is 0 Å². The summed E-state index contributed by atoms with van der Waals surface area (Å²) in [6.07, 6.45) is 3.71. The molecule has 2 aliphatic heterocycles. The number of nitrogens with zero attached hydrogens (tertiary/aromatic N) is 1. The number of methoxy groups -OCH3 is 1. The van der Waals surface area contributed by atoms with Crippen LogP contribution in [0.25, 0.3) is 0 Å². The van der Waals surface area contributed by atoms with Crippen LogP contribution in [-0.4, -0.2) is 32.8 Å². The maximum atomic E-state index is 5.42. The largest absolute Gasteiger partial charge is 0.496 e. The lowest BCUT2D eigenvalue weighted by Gasteiger charge is -2.36. The number of hydrogen-bond acceptors (Lipinski definition) is 3. The molecule has 0 aromatic heterocycles. The molecular formula is C16H24N2O. The van der Waals surface area contributed by atoms with Crippen molar-refractivity contribution in [3.8, 4) is 5.75 Å². The highest BCUT2D eigenvalue weighted by molar-refractivity contribution is 5.53. The van der Waals surface area contributed by atoms with Crippen molar-refractivity contribution in [3.05, 3.63) is 23.8 Å². The van der Waals surface area contributed by atoms with Gasteiger partial charge in [-0.2, -0.15) is 0 Å². The Balaban J connectivity index is 1.78. The number of benzene rings is 1. The van der Waals surface area contributed by atoms with Gasteiger partial charge in [-0.25, -0.2) is 0 Å². The number of aryl methyl sites for hydroxylation is 1. The molecule has 19 heavy (non-hydrogen) atoms. The standard InChI is InChI=1S/C16H24N2O/c1-3-12-10-14(4-5-16(12)19-2)18-9-7-13-6-8-17-15(13)11-18/h4-5,10,13,15,17H,3,6-9,11H2,1-2H3. The number of ether oxygens (including phenoxy) is 1. The number of anilines is 1. The number of rotatable bonds is 3. The third-order valence-corrected chi connectivity index (χ3v) is 4.69. The molecule has 2 unspecified atom stereocenters. The van der Waals surface area contributed by atoms with Crippen LogP contribution in [0.3, 0.4) is 0 Å². The van der Waals surface area contributed by atoms with Gasteiger partial charge >= 0.3 is 0 Å².